The van der Waals surface area contributed by atoms with Gasteiger partial charge < -0.3 is 9.47 Å². The molecule has 4 aromatic rings. The van der Waals surface area contributed by atoms with Gasteiger partial charge in [0.15, 0.2) is 5.82 Å². The van der Waals surface area contributed by atoms with Gasteiger partial charge in [-0.3, -0.25) is 24.6 Å². The molecule has 0 radical (unpaired) electrons. The summed E-state index contributed by atoms with van der Waals surface area (Å²) >= 11 is 3.33. The number of methoxy groups -OCH3 is 2. The summed E-state index contributed by atoms with van der Waals surface area (Å²) in [4.78, 5) is 33.6. The van der Waals surface area contributed by atoms with Gasteiger partial charge >= 0.3 is 0 Å². The molecule has 2 N–H and O–H groups in total. The summed E-state index contributed by atoms with van der Waals surface area (Å²) in [6.45, 7) is -0.232. The smallest absolute Gasteiger partial charge is 0.261 e. The molecule has 0 saturated heterocycles. The van der Waals surface area contributed by atoms with Crippen LogP contribution in [0.5, 0.6) is 11.5 Å². The number of nitrogens with one attached hydrogen (secondary N) is 2. The minimum absolute atomic E-state index is 0.0717. The Balaban J connectivity index is 1.52. The van der Waals surface area contributed by atoms with Gasteiger partial charge in [-0.15, -0.1) is 5.10 Å². The Hall–Kier alpha value is -3.73. The van der Waals surface area contributed by atoms with Crippen LogP contribution in [0.1, 0.15) is 0 Å². The van der Waals surface area contributed by atoms with E-state index in [1.807, 2.05) is 0 Å². The fourth-order valence-electron chi connectivity index (χ4n) is 3.00. The van der Waals surface area contributed by atoms with Crippen molar-refractivity contribution in [3.63, 3.8) is 0 Å². The fourth-order valence-corrected chi connectivity index (χ4v) is 3.36. The monoisotopic (exact) mass is 484 g/mol. The number of aromatic amines is 1. The number of fused-ring (bicyclic) bond motifs is 1. The lowest BCUT2D eigenvalue weighted by Crippen LogP contribution is -2.28. The van der Waals surface area contributed by atoms with Crippen LogP contribution >= 0.6 is 15.9 Å². The third-order valence-corrected chi connectivity index (χ3v) is 4.99. The number of H-pyrrole nitrogens is 1. The first-order chi connectivity index (χ1) is 15.0. The molecule has 0 aliphatic rings. The van der Waals surface area contributed by atoms with Gasteiger partial charge in [0.25, 0.3) is 5.56 Å². The van der Waals surface area contributed by atoms with Crippen LogP contribution in [-0.4, -0.2) is 44.9 Å². The number of rotatable bonds is 6. The highest BCUT2D eigenvalue weighted by molar-refractivity contribution is 9.10. The lowest BCUT2D eigenvalue weighted by atomic mass is 10.2. The Morgan fingerprint density at radius 1 is 1.19 bits per heavy atom. The van der Waals surface area contributed by atoms with E-state index in [9.17, 15) is 9.59 Å². The first-order valence-electron chi connectivity index (χ1n) is 9.08. The summed E-state index contributed by atoms with van der Waals surface area (Å²) in [7, 11) is 3.09. The number of carbonyl (C=O) groups is 1. The van der Waals surface area contributed by atoms with Gasteiger partial charge in [-0.1, -0.05) is 15.9 Å². The van der Waals surface area contributed by atoms with Crippen LogP contribution in [0, 0.1) is 0 Å². The zero-order valence-corrected chi connectivity index (χ0v) is 18.1. The first-order valence-corrected chi connectivity index (χ1v) is 9.87. The molecule has 0 aliphatic heterocycles. The maximum Gasteiger partial charge on any atom is 0.261 e. The second kappa shape index (κ2) is 8.56. The summed E-state index contributed by atoms with van der Waals surface area (Å²) in [5.74, 6) is 1.18. The van der Waals surface area contributed by atoms with E-state index in [0.29, 0.717) is 33.8 Å². The molecule has 0 aliphatic carbocycles. The molecule has 0 atom stereocenters. The zero-order valence-electron chi connectivity index (χ0n) is 16.5. The summed E-state index contributed by atoms with van der Waals surface area (Å²) in [5.41, 5.74) is 0.883. The van der Waals surface area contributed by atoms with Crippen molar-refractivity contribution < 1.29 is 14.3 Å². The van der Waals surface area contributed by atoms with Gasteiger partial charge in [-0.05, 0) is 30.3 Å². The molecule has 10 nitrogen and oxygen atoms in total. The highest BCUT2D eigenvalue weighted by Gasteiger charge is 2.15. The summed E-state index contributed by atoms with van der Waals surface area (Å²) < 4.78 is 12.5. The molecule has 0 bridgehead atoms. The molecule has 0 saturated carbocycles. The van der Waals surface area contributed by atoms with Crippen molar-refractivity contribution >= 4 is 38.7 Å². The molecular weight excluding hydrogens is 468 g/mol. The van der Waals surface area contributed by atoms with Gasteiger partial charge in [-0.2, -0.15) is 4.98 Å². The molecule has 2 aromatic heterocycles. The predicted molar refractivity (Wildman–Crippen MR) is 117 cm³/mol. The van der Waals surface area contributed by atoms with E-state index in [0.717, 1.165) is 4.47 Å². The maximum absolute atomic E-state index is 12.6. The Kier molecular flexibility index (Phi) is 5.67. The third-order valence-electron chi connectivity index (χ3n) is 4.50. The van der Waals surface area contributed by atoms with Crippen molar-refractivity contribution in [2.75, 3.05) is 19.5 Å². The van der Waals surface area contributed by atoms with Gasteiger partial charge in [0.1, 0.15) is 18.0 Å². The average molecular weight is 485 g/mol. The molecule has 0 fully saturated rings. The lowest BCUT2D eigenvalue weighted by molar-refractivity contribution is -0.116. The topological polar surface area (TPSA) is 124 Å². The van der Waals surface area contributed by atoms with Gasteiger partial charge in [-0.25, -0.2) is 4.98 Å². The number of ether oxygens (including phenoxy) is 2. The second-order valence-corrected chi connectivity index (χ2v) is 7.38. The Morgan fingerprint density at radius 3 is 2.81 bits per heavy atom. The Labute approximate surface area is 184 Å². The minimum Gasteiger partial charge on any atom is -0.497 e. The van der Waals surface area contributed by atoms with E-state index in [-0.39, 0.29) is 18.1 Å². The second-order valence-electron chi connectivity index (χ2n) is 6.46. The molecule has 11 heteroatoms. The molecule has 2 heterocycles. The molecular formula is C20H17BrN6O4. The fraction of sp³-hybridized carbons (Fsp3) is 0.150. The van der Waals surface area contributed by atoms with Gasteiger partial charge in [0.05, 0.1) is 37.0 Å². The number of carbonyl (C=O) groups excluding carboxylic acids is 1. The number of anilines is 1. The van der Waals surface area contributed by atoms with Crippen molar-refractivity contribution in [1.82, 2.24) is 24.7 Å². The minimum atomic E-state index is -0.467. The van der Waals surface area contributed by atoms with E-state index < -0.39 is 5.91 Å². The Morgan fingerprint density at radius 2 is 2.03 bits per heavy atom. The van der Waals surface area contributed by atoms with Crippen molar-refractivity contribution in [2.45, 2.75) is 6.54 Å². The van der Waals surface area contributed by atoms with Crippen LogP contribution in [0.25, 0.3) is 22.3 Å². The average Bonchev–Trinajstić information content (AvgIpc) is 3.23. The van der Waals surface area contributed by atoms with Crippen LogP contribution in [0.4, 0.5) is 5.95 Å². The van der Waals surface area contributed by atoms with Crippen LogP contribution in [0.15, 0.2) is 52.0 Å². The third kappa shape index (κ3) is 4.26. The van der Waals surface area contributed by atoms with E-state index >= 15 is 0 Å². The van der Waals surface area contributed by atoms with Crippen LogP contribution in [-0.2, 0) is 11.3 Å². The van der Waals surface area contributed by atoms with Crippen molar-refractivity contribution in [3.8, 4) is 22.9 Å². The van der Waals surface area contributed by atoms with Crippen molar-refractivity contribution in [1.29, 1.82) is 0 Å². The Bertz CT molecular complexity index is 1330. The molecule has 1 amide bonds. The lowest BCUT2D eigenvalue weighted by Gasteiger charge is -2.08. The highest BCUT2D eigenvalue weighted by atomic mass is 79.9. The van der Waals surface area contributed by atoms with Crippen LogP contribution in [0.2, 0.25) is 0 Å². The number of halogens is 1. The summed E-state index contributed by atoms with van der Waals surface area (Å²) in [5, 5.41) is 9.76. The summed E-state index contributed by atoms with van der Waals surface area (Å²) in [6, 6.07) is 10.4. The van der Waals surface area contributed by atoms with Crippen LogP contribution < -0.4 is 20.3 Å². The van der Waals surface area contributed by atoms with Crippen LogP contribution in [0.3, 0.4) is 0 Å². The molecule has 0 spiro atoms. The standard InChI is InChI=1S/C20H17BrN6O4/c1-30-12-4-5-13(16(8-12)31-2)18-24-20(26-25-18)23-17(28)9-27-10-22-15-6-3-11(21)7-14(15)19(27)29/h3-8,10H,9H2,1-2H3,(H2,23,24,25,26,28). The first kappa shape index (κ1) is 20.5. The number of benzene rings is 2. The number of nitrogens with zero attached hydrogens (tertiary/aromatic N) is 4. The van der Waals surface area contributed by atoms with E-state index in [1.54, 1.807) is 43.5 Å². The number of aromatic nitrogens is 5. The normalized spacial score (nSPS) is 10.8. The predicted octanol–water partition coefficient (Wildman–Crippen LogP) is 2.60. The molecule has 31 heavy (non-hydrogen) atoms. The van der Waals surface area contributed by atoms with Gasteiger partial charge in [0, 0.05) is 10.5 Å². The van der Waals surface area contributed by atoms with Crippen molar-refractivity contribution in [3.05, 3.63) is 57.6 Å². The summed E-state index contributed by atoms with van der Waals surface area (Å²) in [6.07, 6.45) is 1.34. The van der Waals surface area contributed by atoms with E-state index in [2.05, 4.69) is 41.4 Å². The highest BCUT2D eigenvalue weighted by Crippen LogP contribution is 2.31. The number of hydrogen-bond donors (Lipinski definition) is 2. The largest absolute Gasteiger partial charge is 0.497 e. The van der Waals surface area contributed by atoms with Gasteiger partial charge in [0.2, 0.25) is 11.9 Å². The van der Waals surface area contributed by atoms with E-state index in [4.69, 9.17) is 9.47 Å². The molecule has 2 aromatic carbocycles. The molecule has 0 unspecified atom stereocenters. The number of amides is 1. The van der Waals surface area contributed by atoms with E-state index in [1.165, 1.54) is 18.0 Å². The van der Waals surface area contributed by atoms with Crippen molar-refractivity contribution in [2.24, 2.45) is 0 Å². The number of hydrogen-bond acceptors (Lipinski definition) is 7. The molecule has 4 rings (SSSR count). The zero-order chi connectivity index (χ0) is 22.0. The maximum atomic E-state index is 12.6. The quantitative estimate of drug-likeness (QED) is 0.430. The SMILES string of the molecule is COc1ccc(-c2nc(NC(=O)Cn3cnc4ccc(Br)cc4c3=O)n[nH]2)c(OC)c1. The molecule has 158 valence electrons.